The number of carbonyl (C=O) groups is 2. The molecule has 0 bridgehead atoms. The summed E-state index contributed by atoms with van der Waals surface area (Å²) in [5.41, 5.74) is 0.420. The highest BCUT2D eigenvalue weighted by Crippen LogP contribution is 2.25. The zero-order valence-corrected chi connectivity index (χ0v) is 14.1. The van der Waals surface area contributed by atoms with Crippen LogP contribution in [0.4, 0.5) is 0 Å². The minimum absolute atomic E-state index is 0.0875. The summed E-state index contributed by atoms with van der Waals surface area (Å²) in [5.74, 6) is 1.23. The summed E-state index contributed by atoms with van der Waals surface area (Å²) in [4.78, 5) is 23.8. The van der Waals surface area contributed by atoms with Crippen molar-refractivity contribution in [3.05, 3.63) is 23.8 Å². The van der Waals surface area contributed by atoms with Gasteiger partial charge in [-0.2, -0.15) is 0 Å². The van der Waals surface area contributed by atoms with Crippen molar-refractivity contribution in [1.82, 2.24) is 5.32 Å². The molecule has 23 heavy (non-hydrogen) atoms. The molecule has 1 aromatic carbocycles. The van der Waals surface area contributed by atoms with Gasteiger partial charge in [-0.1, -0.05) is 19.8 Å². The van der Waals surface area contributed by atoms with E-state index < -0.39 is 0 Å². The number of hydrogen-bond acceptors (Lipinski definition) is 4. The number of ketones is 1. The van der Waals surface area contributed by atoms with Gasteiger partial charge in [-0.05, 0) is 43.9 Å². The van der Waals surface area contributed by atoms with Gasteiger partial charge in [-0.25, -0.2) is 0 Å². The number of ether oxygens (including phenoxy) is 2. The number of benzene rings is 1. The zero-order valence-electron chi connectivity index (χ0n) is 14.1. The molecule has 2 atom stereocenters. The van der Waals surface area contributed by atoms with E-state index in [4.69, 9.17) is 9.47 Å². The second-order valence-electron chi connectivity index (χ2n) is 6.14. The van der Waals surface area contributed by atoms with Gasteiger partial charge in [0.25, 0.3) is 5.91 Å². The third-order valence-electron chi connectivity index (χ3n) is 4.38. The molecular weight excluding hydrogens is 294 g/mol. The van der Waals surface area contributed by atoms with Crippen LogP contribution in [0.1, 0.15) is 49.9 Å². The molecule has 0 radical (unpaired) electrons. The highest BCUT2D eigenvalue weighted by Gasteiger charge is 2.23. The monoisotopic (exact) mass is 319 g/mol. The van der Waals surface area contributed by atoms with Gasteiger partial charge in [-0.15, -0.1) is 0 Å². The number of Topliss-reactive ketones (excluding diaryl/α,β-unsaturated/α-hetero) is 1. The predicted molar refractivity (Wildman–Crippen MR) is 88.1 cm³/mol. The maximum Gasteiger partial charge on any atom is 0.258 e. The third kappa shape index (κ3) is 4.71. The first-order valence-corrected chi connectivity index (χ1v) is 8.12. The molecule has 1 fully saturated rings. The molecule has 2 rings (SSSR count). The Morgan fingerprint density at radius 2 is 2.00 bits per heavy atom. The van der Waals surface area contributed by atoms with Crippen molar-refractivity contribution in [3.8, 4) is 11.5 Å². The topological polar surface area (TPSA) is 64.6 Å². The van der Waals surface area contributed by atoms with Gasteiger partial charge in [0.05, 0.1) is 12.7 Å². The molecule has 2 unspecified atom stereocenters. The standard InChI is InChI=1S/C18H25NO4/c1-12-6-4-5-7-16(12)19-18(21)11-23-17-9-8-14(22-3)10-15(17)13(2)20/h8-10,12,16H,4-7,11H2,1-3H3,(H,19,21). The van der Waals surface area contributed by atoms with Crippen molar-refractivity contribution in [3.63, 3.8) is 0 Å². The van der Waals surface area contributed by atoms with Gasteiger partial charge in [0.1, 0.15) is 11.5 Å². The predicted octanol–water partition coefficient (Wildman–Crippen LogP) is 2.97. The van der Waals surface area contributed by atoms with Crippen LogP contribution in [0.15, 0.2) is 18.2 Å². The first-order valence-electron chi connectivity index (χ1n) is 8.12. The largest absolute Gasteiger partial charge is 0.497 e. The second kappa shape index (κ2) is 7.99. The maximum atomic E-state index is 12.1. The molecule has 1 N–H and O–H groups in total. The van der Waals surface area contributed by atoms with E-state index in [0.717, 1.165) is 19.3 Å². The summed E-state index contributed by atoms with van der Waals surface area (Å²) in [6.45, 7) is 3.55. The number of rotatable bonds is 6. The summed E-state index contributed by atoms with van der Waals surface area (Å²) in [6.07, 6.45) is 4.56. The number of hydrogen-bond donors (Lipinski definition) is 1. The van der Waals surface area contributed by atoms with Crippen molar-refractivity contribution < 1.29 is 19.1 Å². The molecule has 1 saturated carbocycles. The Hall–Kier alpha value is -2.04. The van der Waals surface area contributed by atoms with Gasteiger partial charge in [0.2, 0.25) is 0 Å². The van der Waals surface area contributed by atoms with E-state index in [0.29, 0.717) is 23.0 Å². The minimum Gasteiger partial charge on any atom is -0.497 e. The summed E-state index contributed by atoms with van der Waals surface area (Å²) >= 11 is 0. The minimum atomic E-state index is -0.144. The van der Waals surface area contributed by atoms with E-state index >= 15 is 0 Å². The van der Waals surface area contributed by atoms with Gasteiger partial charge in [0.15, 0.2) is 12.4 Å². The summed E-state index contributed by atoms with van der Waals surface area (Å²) < 4.78 is 10.7. The molecule has 5 nitrogen and oxygen atoms in total. The Labute approximate surface area is 137 Å². The van der Waals surface area contributed by atoms with Crippen molar-refractivity contribution in [2.75, 3.05) is 13.7 Å². The van der Waals surface area contributed by atoms with Gasteiger partial charge in [0, 0.05) is 6.04 Å². The molecule has 0 heterocycles. The lowest BCUT2D eigenvalue weighted by atomic mass is 9.86. The zero-order chi connectivity index (χ0) is 16.8. The lowest BCUT2D eigenvalue weighted by Crippen LogP contribution is -2.43. The van der Waals surface area contributed by atoms with E-state index in [1.165, 1.54) is 13.3 Å². The van der Waals surface area contributed by atoms with Crippen LogP contribution in [-0.4, -0.2) is 31.4 Å². The molecule has 0 saturated heterocycles. The van der Waals surface area contributed by atoms with Crippen LogP contribution >= 0.6 is 0 Å². The van der Waals surface area contributed by atoms with Gasteiger partial charge < -0.3 is 14.8 Å². The van der Waals surface area contributed by atoms with Crippen LogP contribution in [0.25, 0.3) is 0 Å². The molecular formula is C18H25NO4. The third-order valence-corrected chi connectivity index (χ3v) is 4.38. The summed E-state index contributed by atoms with van der Waals surface area (Å²) in [5, 5.41) is 3.04. The van der Waals surface area contributed by atoms with Crippen molar-refractivity contribution in [2.45, 2.75) is 45.6 Å². The quantitative estimate of drug-likeness (QED) is 0.819. The van der Waals surface area contributed by atoms with E-state index in [2.05, 4.69) is 12.2 Å². The van der Waals surface area contributed by atoms with Crippen LogP contribution in [0.5, 0.6) is 11.5 Å². The second-order valence-corrected chi connectivity index (χ2v) is 6.14. The first-order chi connectivity index (χ1) is 11.0. The molecule has 0 spiro atoms. The molecule has 0 aromatic heterocycles. The average Bonchev–Trinajstić information content (AvgIpc) is 2.54. The van der Waals surface area contributed by atoms with Crippen LogP contribution in [0, 0.1) is 5.92 Å². The molecule has 1 amide bonds. The fourth-order valence-corrected chi connectivity index (χ4v) is 2.96. The Morgan fingerprint density at radius 3 is 2.65 bits per heavy atom. The van der Waals surface area contributed by atoms with Crippen molar-refractivity contribution in [1.29, 1.82) is 0 Å². The van der Waals surface area contributed by atoms with E-state index in [-0.39, 0.29) is 24.3 Å². The highest BCUT2D eigenvalue weighted by atomic mass is 16.5. The van der Waals surface area contributed by atoms with Gasteiger partial charge in [-0.3, -0.25) is 9.59 Å². The fourth-order valence-electron chi connectivity index (χ4n) is 2.96. The number of amides is 1. The normalized spacial score (nSPS) is 20.7. The van der Waals surface area contributed by atoms with E-state index in [1.807, 2.05) is 0 Å². The Bertz CT molecular complexity index is 570. The number of carbonyl (C=O) groups excluding carboxylic acids is 2. The lowest BCUT2D eigenvalue weighted by molar-refractivity contribution is -0.124. The van der Waals surface area contributed by atoms with Crippen LogP contribution < -0.4 is 14.8 Å². The molecule has 1 aliphatic rings. The fraction of sp³-hybridized carbons (Fsp3) is 0.556. The molecule has 126 valence electrons. The Balaban J connectivity index is 1.94. The number of nitrogens with one attached hydrogen (secondary N) is 1. The lowest BCUT2D eigenvalue weighted by Gasteiger charge is -2.29. The van der Waals surface area contributed by atoms with E-state index in [9.17, 15) is 9.59 Å². The maximum absolute atomic E-state index is 12.1. The first kappa shape index (κ1) is 17.3. The molecule has 1 aromatic rings. The Kier molecular flexibility index (Phi) is 6.02. The molecule has 0 aliphatic heterocycles. The van der Waals surface area contributed by atoms with E-state index in [1.54, 1.807) is 25.3 Å². The number of methoxy groups -OCH3 is 1. The average molecular weight is 319 g/mol. The summed E-state index contributed by atoms with van der Waals surface area (Å²) in [6, 6.07) is 5.22. The van der Waals surface area contributed by atoms with Crippen molar-refractivity contribution >= 4 is 11.7 Å². The SMILES string of the molecule is COc1ccc(OCC(=O)NC2CCCCC2C)c(C(C)=O)c1. The van der Waals surface area contributed by atoms with Crippen LogP contribution in [-0.2, 0) is 4.79 Å². The Morgan fingerprint density at radius 1 is 1.26 bits per heavy atom. The summed E-state index contributed by atoms with van der Waals surface area (Å²) in [7, 11) is 1.54. The van der Waals surface area contributed by atoms with Crippen LogP contribution in [0.3, 0.4) is 0 Å². The van der Waals surface area contributed by atoms with Crippen LogP contribution in [0.2, 0.25) is 0 Å². The molecule has 1 aliphatic carbocycles. The smallest absolute Gasteiger partial charge is 0.258 e. The van der Waals surface area contributed by atoms with Gasteiger partial charge >= 0.3 is 0 Å². The highest BCUT2D eigenvalue weighted by molar-refractivity contribution is 5.97. The molecule has 5 heteroatoms. The van der Waals surface area contributed by atoms with Crippen molar-refractivity contribution in [2.24, 2.45) is 5.92 Å².